The first-order chi connectivity index (χ1) is 6.29. The molecule has 0 radical (unpaired) electrons. The molecule has 0 heterocycles. The molecule has 0 aromatic carbocycles. The van der Waals surface area contributed by atoms with Crippen LogP contribution in [-0.4, -0.2) is 11.2 Å². The van der Waals surface area contributed by atoms with Gasteiger partial charge in [-0.05, 0) is 37.0 Å². The number of allylic oxidation sites excluding steroid dienone is 2. The van der Waals surface area contributed by atoms with Gasteiger partial charge in [-0.1, -0.05) is 18.2 Å². The van der Waals surface area contributed by atoms with Crippen molar-refractivity contribution in [3.8, 4) is 0 Å². The minimum atomic E-state index is -0.272. The minimum Gasteiger partial charge on any atom is -0.388 e. The number of fused-ring (bicyclic) bond motifs is 5. The number of hydrogen-bond donors (Lipinski definition) is 1. The Morgan fingerprint density at radius 2 is 2.38 bits per heavy atom. The second-order valence-electron chi connectivity index (χ2n) is 4.83. The van der Waals surface area contributed by atoms with Crippen LogP contribution in [0.1, 0.15) is 19.3 Å². The molecule has 3 rings (SSSR count). The van der Waals surface area contributed by atoms with E-state index >= 15 is 0 Å². The second kappa shape index (κ2) is 2.27. The molecule has 0 spiro atoms. The zero-order chi connectivity index (χ0) is 9.05. The molecule has 5 atom stereocenters. The van der Waals surface area contributed by atoms with E-state index in [1.54, 1.807) is 6.08 Å². The molecule has 3 aliphatic carbocycles. The highest BCUT2D eigenvalue weighted by Crippen LogP contribution is 2.68. The summed E-state index contributed by atoms with van der Waals surface area (Å²) in [5.41, 5.74) is 0.209. The first-order valence-electron chi connectivity index (χ1n) is 5.28. The maximum atomic E-state index is 10.0. The zero-order valence-electron chi connectivity index (χ0n) is 7.82. The van der Waals surface area contributed by atoms with E-state index in [1.807, 2.05) is 0 Å². The van der Waals surface area contributed by atoms with Gasteiger partial charge in [0.2, 0.25) is 0 Å². The Balaban J connectivity index is 1.99. The first kappa shape index (κ1) is 7.81. The number of aliphatic hydroxyl groups excluding tert-OH is 1. The molecule has 1 nitrogen and oxygen atoms in total. The van der Waals surface area contributed by atoms with Crippen molar-refractivity contribution in [1.29, 1.82) is 0 Å². The molecule has 2 saturated carbocycles. The Hall–Kier alpha value is -0.560. The Kier molecular flexibility index (Phi) is 1.36. The SMILES string of the molecule is C=CC(O)C12CCC1C1C=CC2C1. The van der Waals surface area contributed by atoms with Gasteiger partial charge in [0, 0.05) is 5.41 Å². The largest absolute Gasteiger partial charge is 0.388 e. The van der Waals surface area contributed by atoms with E-state index in [1.165, 1.54) is 19.3 Å². The Bertz CT molecular complexity index is 281. The van der Waals surface area contributed by atoms with Crippen LogP contribution in [-0.2, 0) is 0 Å². The van der Waals surface area contributed by atoms with Crippen LogP contribution in [0.25, 0.3) is 0 Å². The fraction of sp³-hybridized carbons (Fsp3) is 0.667. The molecule has 0 aromatic heterocycles. The Morgan fingerprint density at radius 1 is 1.54 bits per heavy atom. The van der Waals surface area contributed by atoms with E-state index in [-0.39, 0.29) is 11.5 Å². The van der Waals surface area contributed by atoms with E-state index in [9.17, 15) is 5.11 Å². The van der Waals surface area contributed by atoms with Crippen LogP contribution < -0.4 is 0 Å². The summed E-state index contributed by atoms with van der Waals surface area (Å²) in [5, 5.41) is 10.0. The monoisotopic (exact) mass is 176 g/mol. The van der Waals surface area contributed by atoms with Crippen molar-refractivity contribution in [3.05, 3.63) is 24.8 Å². The molecule has 5 unspecified atom stereocenters. The van der Waals surface area contributed by atoms with Crippen molar-refractivity contribution in [2.24, 2.45) is 23.2 Å². The van der Waals surface area contributed by atoms with Crippen LogP contribution in [0.5, 0.6) is 0 Å². The average molecular weight is 176 g/mol. The molecule has 0 aromatic rings. The number of aliphatic hydroxyl groups is 1. The van der Waals surface area contributed by atoms with E-state index in [2.05, 4.69) is 18.7 Å². The van der Waals surface area contributed by atoms with Gasteiger partial charge in [-0.2, -0.15) is 0 Å². The van der Waals surface area contributed by atoms with Crippen molar-refractivity contribution in [2.45, 2.75) is 25.4 Å². The third-order valence-corrected chi connectivity index (χ3v) is 4.68. The van der Waals surface area contributed by atoms with E-state index in [0.717, 1.165) is 11.8 Å². The maximum Gasteiger partial charge on any atom is 0.0783 e. The summed E-state index contributed by atoms with van der Waals surface area (Å²) in [7, 11) is 0. The molecule has 1 N–H and O–H groups in total. The maximum absolute atomic E-state index is 10.0. The lowest BCUT2D eigenvalue weighted by molar-refractivity contribution is -0.0746. The molecule has 2 fully saturated rings. The Morgan fingerprint density at radius 3 is 2.92 bits per heavy atom. The highest BCUT2D eigenvalue weighted by molar-refractivity contribution is 5.26. The van der Waals surface area contributed by atoms with Crippen LogP contribution in [0.2, 0.25) is 0 Å². The van der Waals surface area contributed by atoms with E-state index in [0.29, 0.717) is 5.92 Å². The van der Waals surface area contributed by atoms with Crippen molar-refractivity contribution in [2.75, 3.05) is 0 Å². The fourth-order valence-corrected chi connectivity index (χ4v) is 3.95. The Labute approximate surface area is 79.2 Å². The van der Waals surface area contributed by atoms with Gasteiger partial charge in [-0.3, -0.25) is 0 Å². The predicted molar refractivity (Wildman–Crippen MR) is 52.1 cm³/mol. The van der Waals surface area contributed by atoms with E-state index in [4.69, 9.17) is 0 Å². The van der Waals surface area contributed by atoms with Gasteiger partial charge < -0.3 is 5.11 Å². The molecule has 70 valence electrons. The summed E-state index contributed by atoms with van der Waals surface area (Å²) in [6.45, 7) is 3.73. The molecular formula is C12H16O. The van der Waals surface area contributed by atoms with Crippen molar-refractivity contribution >= 4 is 0 Å². The third-order valence-electron chi connectivity index (χ3n) is 4.68. The van der Waals surface area contributed by atoms with Crippen molar-refractivity contribution in [1.82, 2.24) is 0 Å². The van der Waals surface area contributed by atoms with E-state index < -0.39 is 0 Å². The second-order valence-corrected chi connectivity index (χ2v) is 4.83. The van der Waals surface area contributed by atoms with Gasteiger partial charge >= 0.3 is 0 Å². The quantitative estimate of drug-likeness (QED) is 0.639. The molecule has 2 bridgehead atoms. The zero-order valence-corrected chi connectivity index (χ0v) is 7.82. The highest BCUT2D eigenvalue weighted by Gasteiger charge is 2.63. The molecule has 1 heteroatoms. The average Bonchev–Trinajstić information content (AvgIpc) is 2.58. The third kappa shape index (κ3) is 0.690. The van der Waals surface area contributed by atoms with Crippen LogP contribution >= 0.6 is 0 Å². The first-order valence-corrected chi connectivity index (χ1v) is 5.28. The van der Waals surface area contributed by atoms with Gasteiger partial charge in [0.25, 0.3) is 0 Å². The normalized spacial score (nSPS) is 52.8. The number of hydrogen-bond acceptors (Lipinski definition) is 1. The van der Waals surface area contributed by atoms with Crippen LogP contribution in [0.3, 0.4) is 0 Å². The fourth-order valence-electron chi connectivity index (χ4n) is 3.95. The van der Waals surface area contributed by atoms with Crippen molar-refractivity contribution < 1.29 is 5.11 Å². The summed E-state index contributed by atoms with van der Waals surface area (Å²) in [5.74, 6) is 2.17. The highest BCUT2D eigenvalue weighted by atomic mass is 16.3. The minimum absolute atomic E-state index is 0.209. The number of rotatable bonds is 2. The van der Waals surface area contributed by atoms with Gasteiger partial charge in [0.1, 0.15) is 0 Å². The molecule has 0 aliphatic heterocycles. The summed E-state index contributed by atoms with van der Waals surface area (Å²) in [6, 6.07) is 0. The summed E-state index contributed by atoms with van der Waals surface area (Å²) in [4.78, 5) is 0. The smallest absolute Gasteiger partial charge is 0.0783 e. The summed E-state index contributed by atoms with van der Waals surface area (Å²) in [6.07, 6.45) is 9.96. The van der Waals surface area contributed by atoms with Crippen LogP contribution in [0, 0.1) is 23.2 Å². The van der Waals surface area contributed by atoms with Gasteiger partial charge in [-0.15, -0.1) is 6.58 Å². The molecule has 3 aliphatic rings. The van der Waals surface area contributed by atoms with Gasteiger partial charge in [0.05, 0.1) is 6.10 Å². The van der Waals surface area contributed by atoms with Crippen molar-refractivity contribution in [3.63, 3.8) is 0 Å². The lowest BCUT2D eigenvalue weighted by atomic mass is 9.53. The molecule has 0 amide bonds. The standard InChI is InChI=1S/C12H16O/c1-2-11(13)12-6-5-10(12)8-3-4-9(12)7-8/h2-4,8-11,13H,1,5-7H2. The molecular weight excluding hydrogens is 160 g/mol. The topological polar surface area (TPSA) is 20.2 Å². The van der Waals surface area contributed by atoms with Gasteiger partial charge in [-0.25, -0.2) is 0 Å². The molecule has 13 heavy (non-hydrogen) atoms. The summed E-state index contributed by atoms with van der Waals surface area (Å²) < 4.78 is 0. The lowest BCUT2D eigenvalue weighted by Crippen LogP contribution is -2.51. The molecule has 0 saturated heterocycles. The predicted octanol–water partition coefficient (Wildman–Crippen LogP) is 2.14. The summed E-state index contributed by atoms with van der Waals surface area (Å²) >= 11 is 0. The van der Waals surface area contributed by atoms with Crippen LogP contribution in [0.4, 0.5) is 0 Å². The van der Waals surface area contributed by atoms with Crippen LogP contribution in [0.15, 0.2) is 24.8 Å². The van der Waals surface area contributed by atoms with Gasteiger partial charge in [0.15, 0.2) is 0 Å². The lowest BCUT2D eigenvalue weighted by Gasteiger charge is -2.53.